The first kappa shape index (κ1) is 20.9. The second-order valence-electron chi connectivity index (χ2n) is 7.54. The van der Waals surface area contributed by atoms with Crippen LogP contribution in [-0.2, 0) is 5.41 Å². The summed E-state index contributed by atoms with van der Waals surface area (Å²) in [7, 11) is 1.79. The number of aliphatic imine (C=N–C) groups is 1. The lowest BCUT2D eigenvalue weighted by Gasteiger charge is -2.30. The van der Waals surface area contributed by atoms with E-state index in [-0.39, 0.29) is 34.9 Å². The highest BCUT2D eigenvalue weighted by Gasteiger charge is 2.24. The predicted octanol–water partition coefficient (Wildman–Crippen LogP) is 3.32. The Kier molecular flexibility index (Phi) is 7.19. The molecule has 6 heteroatoms. The van der Waals surface area contributed by atoms with Gasteiger partial charge in [-0.15, -0.1) is 24.0 Å². The van der Waals surface area contributed by atoms with Crippen LogP contribution in [0.1, 0.15) is 40.2 Å². The molecule has 0 aromatic heterocycles. The number of fused-ring (bicyclic) bond motifs is 1. The van der Waals surface area contributed by atoms with Crippen molar-refractivity contribution >= 4 is 29.9 Å². The molecule has 5 nitrogen and oxygen atoms in total. The molecule has 1 aromatic carbocycles. The van der Waals surface area contributed by atoms with Crippen LogP contribution in [0.15, 0.2) is 23.2 Å². The molecule has 1 aliphatic heterocycles. The molecule has 2 rings (SSSR count). The van der Waals surface area contributed by atoms with Gasteiger partial charge in [0.05, 0.1) is 0 Å². The highest BCUT2D eigenvalue weighted by atomic mass is 127. The molecule has 0 amide bonds. The van der Waals surface area contributed by atoms with Crippen LogP contribution in [-0.4, -0.2) is 38.3 Å². The van der Waals surface area contributed by atoms with Crippen LogP contribution in [0.2, 0.25) is 0 Å². The molecule has 0 saturated heterocycles. The van der Waals surface area contributed by atoms with Crippen molar-refractivity contribution in [1.82, 2.24) is 10.6 Å². The Labute approximate surface area is 162 Å². The maximum absolute atomic E-state index is 5.69. The van der Waals surface area contributed by atoms with Gasteiger partial charge < -0.3 is 20.1 Å². The van der Waals surface area contributed by atoms with Crippen LogP contribution < -0.4 is 20.1 Å². The Balaban J connectivity index is 0.00000288. The molecule has 0 unspecified atom stereocenters. The van der Waals surface area contributed by atoms with E-state index in [2.05, 4.69) is 62.4 Å². The van der Waals surface area contributed by atoms with E-state index in [1.165, 1.54) is 5.56 Å². The molecule has 2 N–H and O–H groups in total. The fraction of sp³-hybridized carbons (Fsp3) is 0.611. The summed E-state index contributed by atoms with van der Waals surface area (Å²) in [5.41, 5.74) is 1.12. The maximum Gasteiger partial charge on any atom is 0.191 e. The highest BCUT2D eigenvalue weighted by Crippen LogP contribution is 2.34. The van der Waals surface area contributed by atoms with E-state index < -0.39 is 0 Å². The molecule has 0 radical (unpaired) electrons. The van der Waals surface area contributed by atoms with Crippen LogP contribution in [0.25, 0.3) is 0 Å². The largest absolute Gasteiger partial charge is 0.486 e. The number of ether oxygens (including phenoxy) is 2. The smallest absolute Gasteiger partial charge is 0.191 e. The summed E-state index contributed by atoms with van der Waals surface area (Å²) in [5, 5.41) is 6.79. The summed E-state index contributed by atoms with van der Waals surface area (Å²) in [5.74, 6) is 2.47. The van der Waals surface area contributed by atoms with Gasteiger partial charge in [0.2, 0.25) is 0 Å². The third kappa shape index (κ3) is 5.72. The second kappa shape index (κ2) is 8.27. The van der Waals surface area contributed by atoms with Crippen molar-refractivity contribution in [1.29, 1.82) is 0 Å². The molecule has 24 heavy (non-hydrogen) atoms. The van der Waals surface area contributed by atoms with Gasteiger partial charge in [-0.2, -0.15) is 0 Å². The van der Waals surface area contributed by atoms with Crippen molar-refractivity contribution in [2.45, 2.75) is 45.6 Å². The number of rotatable bonds is 3. The predicted molar refractivity (Wildman–Crippen MR) is 110 cm³/mol. The normalized spacial score (nSPS) is 14.7. The zero-order valence-electron chi connectivity index (χ0n) is 15.5. The molecule has 1 aliphatic rings. The van der Waals surface area contributed by atoms with E-state index in [4.69, 9.17) is 9.47 Å². The molecule has 1 heterocycles. The number of nitrogens with one attached hydrogen (secondary N) is 2. The molecule has 0 bridgehead atoms. The SMILES string of the molecule is CN=C(NCC(C)(C)c1ccc2c(c1)OCCO2)NC(C)(C)C.I. The zero-order chi connectivity index (χ0) is 17.1. The molecule has 0 aliphatic carbocycles. The van der Waals surface area contributed by atoms with E-state index in [1.54, 1.807) is 7.05 Å². The number of benzene rings is 1. The van der Waals surface area contributed by atoms with Gasteiger partial charge in [0.15, 0.2) is 17.5 Å². The maximum atomic E-state index is 5.69. The number of guanidine groups is 1. The number of nitrogens with zero attached hydrogens (tertiary/aromatic N) is 1. The van der Waals surface area contributed by atoms with Crippen molar-refractivity contribution in [3.8, 4) is 11.5 Å². The summed E-state index contributed by atoms with van der Waals surface area (Å²) >= 11 is 0. The Morgan fingerprint density at radius 1 is 1.08 bits per heavy atom. The van der Waals surface area contributed by atoms with Gasteiger partial charge in [-0.1, -0.05) is 19.9 Å². The molecule has 136 valence electrons. The Bertz CT molecular complexity index is 580. The van der Waals surface area contributed by atoms with E-state index in [9.17, 15) is 0 Å². The van der Waals surface area contributed by atoms with Crippen LogP contribution >= 0.6 is 24.0 Å². The monoisotopic (exact) mass is 447 g/mol. The average Bonchev–Trinajstić information content (AvgIpc) is 2.50. The first-order valence-electron chi connectivity index (χ1n) is 8.10. The van der Waals surface area contributed by atoms with Crippen LogP contribution in [0, 0.1) is 0 Å². The summed E-state index contributed by atoms with van der Waals surface area (Å²) in [6.07, 6.45) is 0. The highest BCUT2D eigenvalue weighted by molar-refractivity contribution is 14.0. The zero-order valence-corrected chi connectivity index (χ0v) is 17.9. The Morgan fingerprint density at radius 2 is 1.71 bits per heavy atom. The van der Waals surface area contributed by atoms with Crippen LogP contribution in [0.4, 0.5) is 0 Å². The van der Waals surface area contributed by atoms with E-state index >= 15 is 0 Å². The molecule has 0 atom stereocenters. The van der Waals surface area contributed by atoms with Crippen LogP contribution in [0.3, 0.4) is 0 Å². The lowest BCUT2D eigenvalue weighted by atomic mass is 9.84. The number of hydrogen-bond acceptors (Lipinski definition) is 3. The van der Waals surface area contributed by atoms with Gasteiger partial charge in [-0.05, 0) is 38.5 Å². The minimum Gasteiger partial charge on any atom is -0.486 e. The molecule has 0 saturated carbocycles. The average molecular weight is 447 g/mol. The van der Waals surface area contributed by atoms with Gasteiger partial charge >= 0.3 is 0 Å². The lowest BCUT2D eigenvalue weighted by Crippen LogP contribution is -2.50. The minimum atomic E-state index is -0.0641. The van der Waals surface area contributed by atoms with E-state index in [0.717, 1.165) is 24.0 Å². The van der Waals surface area contributed by atoms with Gasteiger partial charge in [0.25, 0.3) is 0 Å². The summed E-state index contributed by atoms with van der Waals surface area (Å²) in [6.45, 7) is 12.8. The fourth-order valence-electron chi connectivity index (χ4n) is 2.41. The first-order valence-corrected chi connectivity index (χ1v) is 8.10. The summed E-state index contributed by atoms with van der Waals surface area (Å²) in [4.78, 5) is 4.29. The van der Waals surface area contributed by atoms with Crippen molar-refractivity contribution < 1.29 is 9.47 Å². The molecular formula is C18H30IN3O2. The first-order chi connectivity index (χ1) is 10.7. The summed E-state index contributed by atoms with van der Waals surface area (Å²) in [6, 6.07) is 6.18. The van der Waals surface area contributed by atoms with Gasteiger partial charge in [0, 0.05) is 24.5 Å². The fourth-order valence-corrected chi connectivity index (χ4v) is 2.41. The second-order valence-corrected chi connectivity index (χ2v) is 7.54. The van der Waals surface area contributed by atoms with E-state index in [0.29, 0.717) is 13.2 Å². The molecular weight excluding hydrogens is 417 g/mol. The van der Waals surface area contributed by atoms with Crippen molar-refractivity contribution in [2.75, 3.05) is 26.8 Å². The van der Waals surface area contributed by atoms with E-state index in [1.807, 2.05) is 6.07 Å². The van der Waals surface area contributed by atoms with Crippen molar-refractivity contribution in [3.63, 3.8) is 0 Å². The van der Waals surface area contributed by atoms with Crippen LogP contribution in [0.5, 0.6) is 11.5 Å². The quantitative estimate of drug-likeness (QED) is 0.424. The standard InChI is InChI=1S/C18H29N3O2.HI/c1-17(2,3)21-16(19-6)20-12-18(4,5)13-7-8-14-15(11-13)23-10-9-22-14;/h7-8,11H,9-10,12H2,1-6H3,(H2,19,20,21);1H. The van der Waals surface area contributed by atoms with Crippen molar-refractivity contribution in [2.24, 2.45) is 4.99 Å². The van der Waals surface area contributed by atoms with Crippen molar-refractivity contribution in [3.05, 3.63) is 23.8 Å². The number of hydrogen-bond donors (Lipinski definition) is 2. The summed E-state index contributed by atoms with van der Waals surface area (Å²) < 4.78 is 11.3. The minimum absolute atomic E-state index is 0. The molecule has 0 fully saturated rings. The Morgan fingerprint density at radius 3 is 2.29 bits per heavy atom. The molecule has 0 spiro atoms. The third-order valence-corrected chi connectivity index (χ3v) is 3.74. The van der Waals surface area contributed by atoms with Gasteiger partial charge in [-0.3, -0.25) is 4.99 Å². The third-order valence-electron chi connectivity index (χ3n) is 3.74. The number of halogens is 1. The topological polar surface area (TPSA) is 54.9 Å². The Hall–Kier alpha value is -1.18. The lowest BCUT2D eigenvalue weighted by molar-refractivity contribution is 0.171. The molecule has 1 aromatic rings. The van der Waals surface area contributed by atoms with Gasteiger partial charge in [-0.25, -0.2) is 0 Å². The van der Waals surface area contributed by atoms with Gasteiger partial charge in [0.1, 0.15) is 13.2 Å².